The zero-order valence-electron chi connectivity index (χ0n) is 21.2. The number of hydrogen-bond donors (Lipinski definition) is 0. The van der Waals surface area contributed by atoms with Crippen LogP contribution in [-0.4, -0.2) is 36.4 Å². The fourth-order valence-corrected chi connectivity index (χ4v) is 5.00. The summed E-state index contributed by atoms with van der Waals surface area (Å²) in [6.07, 6.45) is 4.52. The lowest BCUT2D eigenvalue weighted by atomic mass is 9.82. The highest BCUT2D eigenvalue weighted by molar-refractivity contribution is 5.26. The van der Waals surface area contributed by atoms with Gasteiger partial charge in [-0.05, 0) is 80.5 Å². The van der Waals surface area contributed by atoms with Gasteiger partial charge in [0.2, 0.25) is 0 Å². The van der Waals surface area contributed by atoms with Crippen molar-refractivity contribution >= 4 is 0 Å². The summed E-state index contributed by atoms with van der Waals surface area (Å²) in [6, 6.07) is 21.8. The van der Waals surface area contributed by atoms with Crippen LogP contribution in [0.25, 0.3) is 0 Å². The molecule has 0 bridgehead atoms. The molecule has 186 valence electrons. The third-order valence-electron chi connectivity index (χ3n) is 6.94. The molecule has 0 heterocycles. The van der Waals surface area contributed by atoms with Gasteiger partial charge in [0.25, 0.3) is 0 Å². The molecular weight excluding hydrogens is 426 g/mol. The normalized spacial score (nSPS) is 20.8. The molecule has 1 fully saturated rings. The topological polar surface area (TPSA) is 27.0 Å². The maximum absolute atomic E-state index is 13.8. The van der Waals surface area contributed by atoms with E-state index in [9.17, 15) is 8.78 Å². The van der Waals surface area contributed by atoms with E-state index in [1.54, 1.807) is 6.07 Å². The van der Waals surface area contributed by atoms with Crippen molar-refractivity contribution in [3.63, 3.8) is 0 Å². The number of aryl methyl sites for hydroxylation is 1. The van der Waals surface area contributed by atoms with Crippen LogP contribution in [-0.2, 0) is 12.8 Å². The van der Waals surface area contributed by atoms with Crippen LogP contribution in [0, 0.1) is 11.3 Å². The second kappa shape index (κ2) is 15.6. The number of hydrogen-bond acceptors (Lipinski definition) is 2. The summed E-state index contributed by atoms with van der Waals surface area (Å²) in [6.45, 7) is 8.25. The Bertz CT molecular complexity index is 831. The third kappa shape index (κ3) is 9.18. The van der Waals surface area contributed by atoms with Crippen LogP contribution in [0.4, 0.5) is 8.78 Å². The van der Waals surface area contributed by atoms with Gasteiger partial charge in [0.05, 0.1) is 6.07 Å². The predicted molar refractivity (Wildman–Crippen MR) is 139 cm³/mol. The number of halogens is 2. The molecule has 0 saturated heterocycles. The minimum absolute atomic E-state index is 0.164. The largest absolute Gasteiger partial charge is 0.300 e. The maximum atomic E-state index is 13.8. The molecule has 1 aliphatic carbocycles. The Kier molecular flexibility index (Phi) is 12.9. The summed E-state index contributed by atoms with van der Waals surface area (Å²) in [5.74, 6) is 0.164. The minimum atomic E-state index is -1.30. The predicted octanol–water partition coefficient (Wildman–Crippen LogP) is 7.83. The molecule has 4 heteroatoms. The zero-order valence-corrected chi connectivity index (χ0v) is 21.2. The third-order valence-corrected chi connectivity index (χ3v) is 6.94. The molecule has 0 spiro atoms. The fourth-order valence-electron chi connectivity index (χ4n) is 5.00. The van der Waals surface area contributed by atoms with Crippen molar-refractivity contribution in [2.75, 3.05) is 13.1 Å². The highest BCUT2D eigenvalue weighted by Crippen LogP contribution is 2.36. The van der Waals surface area contributed by atoms with Crippen molar-refractivity contribution in [1.82, 2.24) is 4.90 Å². The van der Waals surface area contributed by atoms with Crippen LogP contribution < -0.4 is 0 Å². The van der Waals surface area contributed by atoms with E-state index in [0.717, 1.165) is 45.2 Å². The van der Waals surface area contributed by atoms with Gasteiger partial charge >= 0.3 is 0 Å². The SMILES string of the molecule is CC#N.CCCN(CCc1ccccc1)C(CC)CCc1ccc(C2CCC(F)C(F)C2)cc1. The van der Waals surface area contributed by atoms with E-state index >= 15 is 0 Å². The molecule has 3 rings (SSSR count). The first kappa shape index (κ1) is 28.0. The number of alkyl halides is 2. The Morgan fingerprint density at radius 3 is 2.15 bits per heavy atom. The summed E-state index contributed by atoms with van der Waals surface area (Å²) in [7, 11) is 0. The van der Waals surface area contributed by atoms with Crippen molar-refractivity contribution in [2.45, 2.75) is 96.4 Å². The molecule has 2 nitrogen and oxygen atoms in total. The van der Waals surface area contributed by atoms with E-state index in [1.807, 2.05) is 0 Å². The molecule has 1 aliphatic rings. The van der Waals surface area contributed by atoms with Gasteiger partial charge in [-0.3, -0.25) is 0 Å². The first-order valence-electron chi connectivity index (χ1n) is 13.0. The van der Waals surface area contributed by atoms with Gasteiger partial charge in [-0.1, -0.05) is 68.4 Å². The molecule has 0 radical (unpaired) electrons. The quantitative estimate of drug-likeness (QED) is 0.336. The summed E-state index contributed by atoms with van der Waals surface area (Å²) in [4.78, 5) is 2.66. The van der Waals surface area contributed by atoms with E-state index in [1.165, 1.54) is 30.0 Å². The van der Waals surface area contributed by atoms with Crippen LogP contribution in [0.2, 0.25) is 0 Å². The van der Waals surface area contributed by atoms with Crippen LogP contribution in [0.5, 0.6) is 0 Å². The summed E-state index contributed by atoms with van der Waals surface area (Å²) in [5, 5.41) is 7.32. The number of rotatable bonds is 11. The van der Waals surface area contributed by atoms with Gasteiger partial charge in [-0.25, -0.2) is 8.78 Å². The van der Waals surface area contributed by atoms with Crippen LogP contribution in [0.15, 0.2) is 54.6 Å². The second-order valence-electron chi connectivity index (χ2n) is 9.38. The number of benzene rings is 2. The molecule has 0 aliphatic heterocycles. The Morgan fingerprint density at radius 2 is 1.56 bits per heavy atom. The summed E-state index contributed by atoms with van der Waals surface area (Å²) in [5.41, 5.74) is 3.92. The van der Waals surface area contributed by atoms with Gasteiger partial charge in [-0.2, -0.15) is 5.26 Å². The zero-order chi connectivity index (χ0) is 24.8. The average molecular weight is 469 g/mol. The van der Waals surface area contributed by atoms with E-state index < -0.39 is 12.3 Å². The second-order valence-corrected chi connectivity index (χ2v) is 9.38. The molecular formula is C30H42F2N2. The first-order valence-corrected chi connectivity index (χ1v) is 13.0. The summed E-state index contributed by atoms with van der Waals surface area (Å²) >= 11 is 0. The van der Waals surface area contributed by atoms with Gasteiger partial charge in [0, 0.05) is 19.5 Å². The van der Waals surface area contributed by atoms with Crippen molar-refractivity contribution in [2.24, 2.45) is 0 Å². The van der Waals surface area contributed by atoms with Crippen molar-refractivity contribution in [3.8, 4) is 6.07 Å². The van der Waals surface area contributed by atoms with E-state index in [-0.39, 0.29) is 5.92 Å². The minimum Gasteiger partial charge on any atom is -0.300 e. The highest BCUT2D eigenvalue weighted by Gasteiger charge is 2.31. The monoisotopic (exact) mass is 468 g/mol. The smallest absolute Gasteiger partial charge is 0.132 e. The summed E-state index contributed by atoms with van der Waals surface area (Å²) < 4.78 is 27.2. The van der Waals surface area contributed by atoms with E-state index in [2.05, 4.69) is 73.3 Å². The molecule has 2 aromatic carbocycles. The molecule has 0 aromatic heterocycles. The fraction of sp³-hybridized carbons (Fsp3) is 0.567. The first-order chi connectivity index (χ1) is 16.5. The van der Waals surface area contributed by atoms with Crippen LogP contribution >= 0.6 is 0 Å². The van der Waals surface area contributed by atoms with Crippen molar-refractivity contribution in [1.29, 1.82) is 5.26 Å². The van der Waals surface area contributed by atoms with Gasteiger partial charge in [0.1, 0.15) is 12.3 Å². The molecule has 1 saturated carbocycles. The number of nitrogens with zero attached hydrogens (tertiary/aromatic N) is 2. The molecule has 2 aromatic rings. The molecule has 0 amide bonds. The lowest BCUT2D eigenvalue weighted by molar-refractivity contribution is 0.108. The van der Waals surface area contributed by atoms with Crippen molar-refractivity contribution in [3.05, 3.63) is 71.3 Å². The molecule has 4 unspecified atom stereocenters. The lowest BCUT2D eigenvalue weighted by Gasteiger charge is -2.31. The van der Waals surface area contributed by atoms with Gasteiger partial charge in [-0.15, -0.1) is 0 Å². The van der Waals surface area contributed by atoms with Crippen molar-refractivity contribution < 1.29 is 8.78 Å². The van der Waals surface area contributed by atoms with Gasteiger partial charge in [0.15, 0.2) is 0 Å². The lowest BCUT2D eigenvalue weighted by Crippen LogP contribution is -2.37. The molecule has 4 atom stereocenters. The highest BCUT2D eigenvalue weighted by atomic mass is 19.2. The molecule has 34 heavy (non-hydrogen) atoms. The van der Waals surface area contributed by atoms with Crippen LogP contribution in [0.3, 0.4) is 0 Å². The Labute approximate surface area is 206 Å². The Morgan fingerprint density at radius 1 is 0.912 bits per heavy atom. The standard InChI is InChI=1S/C28H39F2N.C2H3N/c1-3-19-31(20-18-22-8-6-5-7-9-22)26(4-2)16-12-23-10-13-24(14-11-23)25-15-17-27(29)28(30)21-25;1-2-3/h5-11,13-14,25-28H,3-4,12,15-21H2,1-2H3;1H3. The maximum Gasteiger partial charge on any atom is 0.132 e. The average Bonchev–Trinajstić information content (AvgIpc) is 2.86. The van der Waals surface area contributed by atoms with Gasteiger partial charge < -0.3 is 4.90 Å². The Hall–Kier alpha value is -2.25. The number of nitriles is 1. The Balaban J connectivity index is 0.00000129. The van der Waals surface area contributed by atoms with E-state index in [4.69, 9.17) is 5.26 Å². The molecule has 0 N–H and O–H groups in total. The van der Waals surface area contributed by atoms with E-state index in [0.29, 0.717) is 18.9 Å². The van der Waals surface area contributed by atoms with Crippen LogP contribution in [0.1, 0.15) is 81.9 Å².